The van der Waals surface area contributed by atoms with E-state index >= 15 is 0 Å². The molecule has 0 aliphatic heterocycles. The van der Waals surface area contributed by atoms with Crippen molar-refractivity contribution in [3.8, 4) is 0 Å². The van der Waals surface area contributed by atoms with Crippen LogP contribution in [-0.2, 0) is 0 Å². The zero-order valence-electron chi connectivity index (χ0n) is 7.97. The van der Waals surface area contributed by atoms with E-state index in [1.165, 1.54) is 6.33 Å². The molecule has 6 heteroatoms. The number of fused-ring (bicyclic) bond motifs is 1. The molecule has 0 amide bonds. The van der Waals surface area contributed by atoms with E-state index < -0.39 is 14.7 Å². The summed E-state index contributed by atoms with van der Waals surface area (Å²) in [7, 11) is 0. The summed E-state index contributed by atoms with van der Waals surface area (Å²) in [6, 6.07) is 0. The molecule has 14 heavy (non-hydrogen) atoms. The van der Waals surface area contributed by atoms with Gasteiger partial charge in [0.2, 0.25) is 0 Å². The molecule has 0 saturated heterocycles. The number of imidazole rings is 1. The van der Waals surface area contributed by atoms with E-state index in [-0.39, 0.29) is 0 Å². The summed E-state index contributed by atoms with van der Waals surface area (Å²) in [4.78, 5) is 19.5. The van der Waals surface area contributed by atoms with Gasteiger partial charge in [-0.2, -0.15) is 0 Å². The summed E-state index contributed by atoms with van der Waals surface area (Å²) in [6.45, 7) is 0. The van der Waals surface area contributed by atoms with Crippen molar-refractivity contribution in [2.24, 2.45) is 4.99 Å². The Labute approximate surface area is 86.0 Å². The third-order valence-electron chi connectivity index (χ3n) is 1.61. The summed E-state index contributed by atoms with van der Waals surface area (Å²) in [5.41, 5.74) is 5.89. The number of hydrogen-bond donors (Lipinski definition) is 1. The first-order valence-electron chi connectivity index (χ1n) is 4.12. The van der Waals surface area contributed by atoms with Crippen molar-refractivity contribution in [2.75, 3.05) is 0 Å². The molecule has 5 nitrogen and oxygen atoms in total. The van der Waals surface area contributed by atoms with Crippen molar-refractivity contribution >= 4 is 36.6 Å². The second kappa shape index (κ2) is 3.88. The van der Waals surface area contributed by atoms with Crippen molar-refractivity contribution in [2.45, 2.75) is 11.4 Å². The van der Waals surface area contributed by atoms with E-state index in [9.17, 15) is 0 Å². The number of hydrogen-bond acceptors (Lipinski definition) is 4. The zero-order valence-corrected chi connectivity index (χ0v) is 9.84. The molecule has 2 heterocycles. The van der Waals surface area contributed by atoms with Crippen LogP contribution in [0.4, 0.5) is 5.82 Å². The molecule has 0 aliphatic rings. The third-order valence-corrected chi connectivity index (χ3v) is 2.82. The standard InChI is InChI=1S/C8H10AsN5/c1-9(2)3-10-7-6-8(12-4-11-6)14-5-13-7/h3-5H,1-2H3,(H,11,12,13,14)/b10-3-. The first-order valence-corrected chi connectivity index (χ1v) is 8.96. The van der Waals surface area contributed by atoms with Crippen LogP contribution in [0.5, 0.6) is 0 Å². The normalized spacial score (nSPS) is 11.9. The maximum absolute atomic E-state index is 4.31. The van der Waals surface area contributed by atoms with Crippen LogP contribution in [0.1, 0.15) is 0 Å². The molecule has 0 saturated carbocycles. The predicted molar refractivity (Wildman–Crippen MR) is 57.3 cm³/mol. The van der Waals surface area contributed by atoms with Gasteiger partial charge in [-0.1, -0.05) is 0 Å². The molecule has 2 rings (SSSR count). The molecule has 0 fully saturated rings. The summed E-state index contributed by atoms with van der Waals surface area (Å²) >= 11 is -0.851. The second-order valence-corrected chi connectivity index (χ2v) is 7.53. The van der Waals surface area contributed by atoms with E-state index in [4.69, 9.17) is 0 Å². The van der Waals surface area contributed by atoms with Gasteiger partial charge in [-0.25, -0.2) is 0 Å². The summed E-state index contributed by atoms with van der Waals surface area (Å²) in [5.74, 6) is 0.652. The Bertz CT molecular complexity index is 461. The first-order chi connectivity index (χ1) is 6.77. The van der Waals surface area contributed by atoms with E-state index in [0.717, 1.165) is 11.2 Å². The molecule has 2 aromatic heterocycles. The van der Waals surface area contributed by atoms with Gasteiger partial charge in [-0.15, -0.1) is 0 Å². The maximum atomic E-state index is 4.31. The van der Waals surface area contributed by atoms with Gasteiger partial charge in [0.25, 0.3) is 0 Å². The van der Waals surface area contributed by atoms with Crippen LogP contribution in [0, 0.1) is 0 Å². The van der Waals surface area contributed by atoms with Crippen LogP contribution < -0.4 is 0 Å². The van der Waals surface area contributed by atoms with Crippen molar-refractivity contribution in [1.82, 2.24) is 19.9 Å². The molecule has 2 aromatic rings. The van der Waals surface area contributed by atoms with Gasteiger partial charge in [0.05, 0.1) is 0 Å². The monoisotopic (exact) mass is 251 g/mol. The van der Waals surface area contributed by atoms with Crippen LogP contribution in [0.3, 0.4) is 0 Å². The Morgan fingerprint density at radius 2 is 2.21 bits per heavy atom. The summed E-state index contributed by atoms with van der Waals surface area (Å²) < 4.78 is 0. The van der Waals surface area contributed by atoms with Gasteiger partial charge >= 0.3 is 85.6 Å². The Hall–Kier alpha value is -1.22. The van der Waals surface area contributed by atoms with E-state index in [2.05, 4.69) is 36.4 Å². The van der Waals surface area contributed by atoms with Crippen LogP contribution in [0.15, 0.2) is 17.6 Å². The molecule has 0 unspecified atom stereocenters. The van der Waals surface area contributed by atoms with E-state index in [0.29, 0.717) is 5.82 Å². The van der Waals surface area contributed by atoms with Gasteiger partial charge < -0.3 is 0 Å². The fourth-order valence-electron chi connectivity index (χ4n) is 1.02. The van der Waals surface area contributed by atoms with Gasteiger partial charge in [-0.05, 0) is 0 Å². The van der Waals surface area contributed by atoms with Crippen LogP contribution in [-0.4, -0.2) is 39.6 Å². The Morgan fingerprint density at radius 1 is 1.36 bits per heavy atom. The fourth-order valence-corrected chi connectivity index (χ4v) is 1.73. The molecular formula is C8H10AsN5. The molecule has 0 atom stereocenters. The van der Waals surface area contributed by atoms with Gasteiger partial charge in [0.15, 0.2) is 0 Å². The number of aliphatic imine (C=N–C) groups is 1. The Kier molecular flexibility index (Phi) is 2.59. The molecular weight excluding hydrogens is 241 g/mol. The second-order valence-electron chi connectivity index (χ2n) is 3.01. The molecule has 0 aliphatic carbocycles. The quantitative estimate of drug-likeness (QED) is 0.647. The fraction of sp³-hybridized carbons (Fsp3) is 0.250. The Morgan fingerprint density at radius 3 is 3.00 bits per heavy atom. The van der Waals surface area contributed by atoms with Gasteiger partial charge in [-0.3, -0.25) is 0 Å². The van der Waals surface area contributed by atoms with Crippen molar-refractivity contribution in [3.63, 3.8) is 0 Å². The van der Waals surface area contributed by atoms with Crippen molar-refractivity contribution in [1.29, 1.82) is 0 Å². The van der Waals surface area contributed by atoms with E-state index in [1.54, 1.807) is 6.33 Å². The van der Waals surface area contributed by atoms with E-state index in [1.807, 2.05) is 5.00 Å². The third kappa shape index (κ3) is 1.82. The van der Waals surface area contributed by atoms with Crippen LogP contribution in [0.2, 0.25) is 11.4 Å². The average molecular weight is 251 g/mol. The van der Waals surface area contributed by atoms with Crippen LogP contribution >= 0.6 is 0 Å². The molecule has 0 aromatic carbocycles. The van der Waals surface area contributed by atoms with Crippen LogP contribution in [0.25, 0.3) is 11.2 Å². The number of nitrogens with one attached hydrogen (secondary N) is 1. The number of H-pyrrole nitrogens is 1. The first kappa shape index (κ1) is 9.34. The Balaban J connectivity index is 2.46. The number of aromatic amines is 1. The molecule has 0 radical (unpaired) electrons. The number of rotatable bonds is 2. The van der Waals surface area contributed by atoms with Gasteiger partial charge in [0, 0.05) is 0 Å². The molecule has 0 bridgehead atoms. The zero-order chi connectivity index (χ0) is 9.97. The number of aromatic nitrogens is 4. The predicted octanol–water partition coefficient (Wildman–Crippen LogP) is 1.35. The average Bonchev–Trinajstić information content (AvgIpc) is 2.62. The molecule has 0 spiro atoms. The van der Waals surface area contributed by atoms with Crippen molar-refractivity contribution < 1.29 is 0 Å². The number of nitrogens with zero attached hydrogens (tertiary/aromatic N) is 4. The topological polar surface area (TPSA) is 66.8 Å². The minimum absolute atomic E-state index is 0.652. The molecule has 72 valence electrons. The summed E-state index contributed by atoms with van der Waals surface area (Å²) in [5, 5.41) is 1.99. The SMILES string of the molecule is C[As](C)/C=N\c1ncnc2[nH]cnc12. The summed E-state index contributed by atoms with van der Waals surface area (Å²) in [6.07, 6.45) is 3.10. The minimum atomic E-state index is -0.851. The van der Waals surface area contributed by atoms with Gasteiger partial charge in [0.1, 0.15) is 0 Å². The molecule has 1 N–H and O–H groups in total. The van der Waals surface area contributed by atoms with Crippen molar-refractivity contribution in [3.05, 3.63) is 12.7 Å².